The van der Waals surface area contributed by atoms with Gasteiger partial charge in [-0.25, -0.2) is 0 Å². The normalized spacial score (nSPS) is 13.3. The molecular weight excluding hydrogens is 386 g/mol. The van der Waals surface area contributed by atoms with E-state index in [1.807, 2.05) is 42.5 Å². The van der Waals surface area contributed by atoms with Gasteiger partial charge in [0.15, 0.2) is 0 Å². The lowest BCUT2D eigenvalue weighted by Crippen LogP contribution is -2.42. The number of aromatic nitrogens is 1. The second-order valence-corrected chi connectivity index (χ2v) is 7.35. The quantitative estimate of drug-likeness (QED) is 0.501. The van der Waals surface area contributed by atoms with Gasteiger partial charge >= 0.3 is 0 Å². The van der Waals surface area contributed by atoms with Crippen LogP contribution in [0.3, 0.4) is 0 Å². The molecule has 0 radical (unpaired) electrons. The first-order chi connectivity index (χ1) is 14.1. The minimum Gasteiger partial charge on any atom is -0.383 e. The van der Waals surface area contributed by atoms with Crippen molar-refractivity contribution >= 4 is 50.8 Å². The molecule has 29 heavy (non-hydrogen) atoms. The number of amides is 2. The van der Waals surface area contributed by atoms with Crippen LogP contribution in [0.25, 0.3) is 21.7 Å². The lowest BCUT2D eigenvalue weighted by atomic mass is 9.94. The molecule has 0 aliphatic carbocycles. The number of carbonyl (C=O) groups excluding carboxylic acids is 2. The predicted octanol–water partition coefficient (Wildman–Crippen LogP) is 4.75. The van der Waals surface area contributed by atoms with Gasteiger partial charge in [0, 0.05) is 51.9 Å². The standard InChI is InChI=1S/C23H16ClN3O2/c24-15-7-8-16-19(9-10-25-20(16)13-15)26-11-12-27-22(28)17-5-1-3-14-4-2-6-18(21(14)17)23(27)29/h1-10,13H,11-12H2,(H,25,26). The van der Waals surface area contributed by atoms with Crippen molar-refractivity contribution in [1.29, 1.82) is 0 Å². The number of hydrogen-bond donors (Lipinski definition) is 1. The van der Waals surface area contributed by atoms with Gasteiger partial charge in [-0.3, -0.25) is 19.5 Å². The molecular formula is C23H16ClN3O2. The first-order valence-corrected chi connectivity index (χ1v) is 9.67. The Morgan fingerprint density at radius 2 is 1.66 bits per heavy atom. The third-order valence-corrected chi connectivity index (χ3v) is 5.45. The molecule has 0 spiro atoms. The van der Waals surface area contributed by atoms with Crippen LogP contribution in [0.1, 0.15) is 20.7 Å². The van der Waals surface area contributed by atoms with Crippen LogP contribution >= 0.6 is 11.6 Å². The number of halogens is 1. The SMILES string of the molecule is O=C1c2cccc3cccc(c23)C(=O)N1CCNc1ccnc2cc(Cl)ccc12. The average Bonchev–Trinajstić information content (AvgIpc) is 2.74. The Morgan fingerprint density at radius 3 is 2.38 bits per heavy atom. The zero-order valence-corrected chi connectivity index (χ0v) is 16.1. The fraction of sp³-hybridized carbons (Fsp3) is 0.0870. The van der Waals surface area contributed by atoms with E-state index in [-0.39, 0.29) is 18.4 Å². The van der Waals surface area contributed by atoms with Crippen LogP contribution < -0.4 is 5.32 Å². The van der Waals surface area contributed by atoms with E-state index in [0.717, 1.165) is 27.4 Å². The highest BCUT2D eigenvalue weighted by Crippen LogP contribution is 2.30. The minimum absolute atomic E-state index is 0.257. The fourth-order valence-electron chi connectivity index (χ4n) is 3.86. The van der Waals surface area contributed by atoms with Gasteiger partial charge in [-0.1, -0.05) is 35.9 Å². The highest BCUT2D eigenvalue weighted by molar-refractivity contribution is 6.31. The molecule has 5 rings (SSSR count). The number of fused-ring (bicyclic) bond motifs is 1. The van der Waals surface area contributed by atoms with Crippen molar-refractivity contribution in [3.63, 3.8) is 0 Å². The molecule has 0 bridgehead atoms. The highest BCUT2D eigenvalue weighted by atomic mass is 35.5. The number of carbonyl (C=O) groups is 2. The molecule has 5 nitrogen and oxygen atoms in total. The van der Waals surface area contributed by atoms with Crippen molar-refractivity contribution in [2.24, 2.45) is 0 Å². The number of rotatable bonds is 4. The van der Waals surface area contributed by atoms with E-state index in [1.165, 1.54) is 4.90 Å². The maximum absolute atomic E-state index is 13.0. The van der Waals surface area contributed by atoms with Crippen molar-refractivity contribution in [2.45, 2.75) is 0 Å². The molecule has 1 aromatic heterocycles. The van der Waals surface area contributed by atoms with Crippen molar-refractivity contribution in [1.82, 2.24) is 9.88 Å². The van der Waals surface area contributed by atoms with Gasteiger partial charge in [-0.15, -0.1) is 0 Å². The summed E-state index contributed by atoms with van der Waals surface area (Å²) >= 11 is 6.04. The lowest BCUT2D eigenvalue weighted by Gasteiger charge is -2.27. The van der Waals surface area contributed by atoms with E-state index >= 15 is 0 Å². The van der Waals surface area contributed by atoms with Crippen LogP contribution in [0.15, 0.2) is 66.9 Å². The van der Waals surface area contributed by atoms with E-state index in [2.05, 4.69) is 10.3 Å². The van der Waals surface area contributed by atoms with E-state index in [0.29, 0.717) is 22.7 Å². The van der Waals surface area contributed by atoms with Crippen molar-refractivity contribution in [3.8, 4) is 0 Å². The summed E-state index contributed by atoms with van der Waals surface area (Å²) in [7, 11) is 0. The second-order valence-electron chi connectivity index (χ2n) is 6.92. The van der Waals surface area contributed by atoms with Crippen LogP contribution in [0.2, 0.25) is 5.02 Å². The topological polar surface area (TPSA) is 62.3 Å². The van der Waals surface area contributed by atoms with Crippen molar-refractivity contribution in [2.75, 3.05) is 18.4 Å². The summed E-state index contributed by atoms with van der Waals surface area (Å²) in [4.78, 5) is 31.6. The molecule has 0 atom stereocenters. The van der Waals surface area contributed by atoms with Gasteiger partial charge in [0.2, 0.25) is 0 Å². The Balaban J connectivity index is 1.40. The molecule has 1 aliphatic heterocycles. The largest absolute Gasteiger partial charge is 0.383 e. The number of pyridine rings is 1. The van der Waals surface area contributed by atoms with Crippen LogP contribution in [0.4, 0.5) is 5.69 Å². The summed E-state index contributed by atoms with van der Waals surface area (Å²) < 4.78 is 0. The predicted molar refractivity (Wildman–Crippen MR) is 115 cm³/mol. The molecule has 3 aromatic carbocycles. The molecule has 4 aromatic rings. The number of hydrogen-bond acceptors (Lipinski definition) is 4. The Morgan fingerprint density at radius 1 is 0.931 bits per heavy atom. The minimum atomic E-state index is -0.257. The molecule has 0 saturated carbocycles. The van der Waals surface area contributed by atoms with Gasteiger partial charge in [-0.2, -0.15) is 0 Å². The molecule has 0 fully saturated rings. The fourth-order valence-corrected chi connectivity index (χ4v) is 4.03. The van der Waals surface area contributed by atoms with Gasteiger partial charge in [0.25, 0.3) is 11.8 Å². The van der Waals surface area contributed by atoms with E-state index in [1.54, 1.807) is 24.4 Å². The second kappa shape index (κ2) is 6.87. The first-order valence-electron chi connectivity index (χ1n) is 9.29. The third-order valence-electron chi connectivity index (χ3n) is 5.21. The maximum atomic E-state index is 13.0. The van der Waals surface area contributed by atoms with Crippen molar-refractivity contribution < 1.29 is 9.59 Å². The van der Waals surface area contributed by atoms with Gasteiger partial charge in [-0.05, 0) is 41.8 Å². The molecule has 0 saturated heterocycles. The molecule has 1 N–H and O–H groups in total. The van der Waals surface area contributed by atoms with Crippen LogP contribution in [0.5, 0.6) is 0 Å². The Hall–Kier alpha value is -3.44. The zero-order valence-electron chi connectivity index (χ0n) is 15.4. The molecule has 142 valence electrons. The number of nitrogens with one attached hydrogen (secondary N) is 1. The average molecular weight is 402 g/mol. The van der Waals surface area contributed by atoms with Crippen LogP contribution in [0, 0.1) is 0 Å². The van der Waals surface area contributed by atoms with Crippen molar-refractivity contribution in [3.05, 3.63) is 83.0 Å². The zero-order chi connectivity index (χ0) is 20.0. The maximum Gasteiger partial charge on any atom is 0.261 e. The molecule has 2 heterocycles. The summed E-state index contributed by atoms with van der Waals surface area (Å²) in [5.74, 6) is -0.514. The molecule has 1 aliphatic rings. The van der Waals surface area contributed by atoms with E-state index in [4.69, 9.17) is 11.6 Å². The van der Waals surface area contributed by atoms with Gasteiger partial charge < -0.3 is 5.32 Å². The molecule has 6 heteroatoms. The number of anilines is 1. The summed E-state index contributed by atoms with van der Waals surface area (Å²) in [6, 6.07) is 18.5. The lowest BCUT2D eigenvalue weighted by molar-refractivity contribution is 0.0617. The Kier molecular flexibility index (Phi) is 4.18. The summed E-state index contributed by atoms with van der Waals surface area (Å²) in [5.41, 5.74) is 2.81. The number of benzene rings is 3. The van der Waals surface area contributed by atoms with Gasteiger partial charge in [0.05, 0.1) is 5.52 Å². The number of imide groups is 1. The summed E-state index contributed by atoms with van der Waals surface area (Å²) in [5, 5.41) is 6.52. The first kappa shape index (κ1) is 17.6. The summed E-state index contributed by atoms with van der Waals surface area (Å²) in [6.45, 7) is 0.692. The molecule has 2 amide bonds. The summed E-state index contributed by atoms with van der Waals surface area (Å²) in [6.07, 6.45) is 1.70. The van der Waals surface area contributed by atoms with E-state index in [9.17, 15) is 9.59 Å². The monoisotopic (exact) mass is 401 g/mol. The highest BCUT2D eigenvalue weighted by Gasteiger charge is 2.32. The Bertz CT molecular complexity index is 1250. The van der Waals surface area contributed by atoms with Crippen LogP contribution in [-0.4, -0.2) is 34.8 Å². The third kappa shape index (κ3) is 2.91. The van der Waals surface area contributed by atoms with Crippen LogP contribution in [-0.2, 0) is 0 Å². The number of nitrogens with zero attached hydrogens (tertiary/aromatic N) is 2. The van der Waals surface area contributed by atoms with E-state index < -0.39 is 0 Å². The van der Waals surface area contributed by atoms with Gasteiger partial charge in [0.1, 0.15) is 0 Å². The molecule has 0 unspecified atom stereocenters. The Labute approximate surface area is 171 Å². The smallest absolute Gasteiger partial charge is 0.261 e.